The quantitative estimate of drug-likeness (QED) is 0.424. The van der Waals surface area contributed by atoms with Crippen LogP contribution in [0.15, 0.2) is 55.1 Å². The van der Waals surface area contributed by atoms with Gasteiger partial charge in [0.1, 0.15) is 18.1 Å². The molecular formula is C28H31N7O2. The molecule has 1 amide bonds. The van der Waals surface area contributed by atoms with E-state index in [4.69, 9.17) is 19.8 Å². The summed E-state index contributed by atoms with van der Waals surface area (Å²) < 4.78 is 10.3. The fraction of sp³-hybridized carbons (Fsp3) is 0.429. The van der Waals surface area contributed by atoms with Gasteiger partial charge in [-0.25, -0.2) is 14.5 Å². The monoisotopic (exact) mass is 497 g/mol. The average molecular weight is 498 g/mol. The number of pyridine rings is 2. The Labute approximate surface area is 215 Å². The molecule has 7 heterocycles. The number of ether oxygens (including phenoxy) is 1. The Morgan fingerprint density at radius 3 is 2.70 bits per heavy atom. The van der Waals surface area contributed by atoms with Crippen LogP contribution in [-0.4, -0.2) is 61.2 Å². The molecular weight excluding hydrogens is 466 g/mol. The zero-order valence-corrected chi connectivity index (χ0v) is 20.9. The molecule has 0 radical (unpaired) electrons. The second-order valence-corrected chi connectivity index (χ2v) is 10.2. The van der Waals surface area contributed by atoms with Crippen molar-refractivity contribution in [2.45, 2.75) is 50.8 Å². The summed E-state index contributed by atoms with van der Waals surface area (Å²) in [6, 6.07) is 11.9. The van der Waals surface area contributed by atoms with E-state index in [1.165, 1.54) is 12.1 Å². The summed E-state index contributed by atoms with van der Waals surface area (Å²) in [6.45, 7) is 3.24. The Balaban J connectivity index is 1.26. The van der Waals surface area contributed by atoms with E-state index in [-0.39, 0.29) is 18.2 Å². The molecule has 0 aromatic carbocycles. The molecule has 9 nitrogen and oxygen atoms in total. The number of likely N-dealkylation sites (tertiary alicyclic amines) is 1. The minimum absolute atomic E-state index is 0.0484. The molecule has 2 saturated heterocycles. The van der Waals surface area contributed by atoms with Crippen LogP contribution in [0.1, 0.15) is 71.8 Å². The van der Waals surface area contributed by atoms with Gasteiger partial charge in [0, 0.05) is 50.7 Å². The number of fused-ring (bicyclic) bond motifs is 2. The van der Waals surface area contributed by atoms with Gasteiger partial charge in [0.2, 0.25) is 0 Å². The Bertz CT molecular complexity index is 1380. The van der Waals surface area contributed by atoms with E-state index in [1.807, 2.05) is 46.2 Å². The van der Waals surface area contributed by atoms with Crippen LogP contribution in [0.25, 0.3) is 5.52 Å². The van der Waals surface area contributed by atoms with Gasteiger partial charge in [0.15, 0.2) is 0 Å². The van der Waals surface area contributed by atoms with Crippen LogP contribution in [0.3, 0.4) is 0 Å². The zero-order chi connectivity index (χ0) is 24.8. The van der Waals surface area contributed by atoms with Crippen LogP contribution in [0.2, 0.25) is 0 Å². The van der Waals surface area contributed by atoms with Crippen molar-refractivity contribution < 1.29 is 9.53 Å². The summed E-state index contributed by atoms with van der Waals surface area (Å²) in [6.07, 6.45) is 12.0. The second-order valence-electron chi connectivity index (χ2n) is 10.2. The van der Waals surface area contributed by atoms with Gasteiger partial charge in [-0.3, -0.25) is 4.79 Å². The molecule has 2 atom stereocenters. The maximum absolute atomic E-state index is 12.9. The molecule has 0 N–H and O–H groups in total. The van der Waals surface area contributed by atoms with E-state index >= 15 is 0 Å². The van der Waals surface area contributed by atoms with Crippen LogP contribution < -0.4 is 4.90 Å². The first-order chi connectivity index (χ1) is 18.3. The molecule has 0 saturated carbocycles. The van der Waals surface area contributed by atoms with E-state index in [0.717, 1.165) is 81.1 Å². The van der Waals surface area contributed by atoms with Crippen LogP contribution in [0.4, 0.5) is 5.82 Å². The molecule has 2 unspecified atom stereocenters. The summed E-state index contributed by atoms with van der Waals surface area (Å²) in [5.74, 6) is 0.898. The maximum Gasteiger partial charge on any atom is 0.255 e. The summed E-state index contributed by atoms with van der Waals surface area (Å²) in [7, 11) is 0. The number of rotatable bonds is 4. The van der Waals surface area contributed by atoms with Crippen molar-refractivity contribution in [2.24, 2.45) is 0 Å². The van der Waals surface area contributed by atoms with Gasteiger partial charge in [-0.05, 0) is 62.4 Å². The van der Waals surface area contributed by atoms with E-state index in [0.29, 0.717) is 5.56 Å². The van der Waals surface area contributed by atoms with Crippen LogP contribution in [0, 0.1) is 0 Å². The molecule has 37 heavy (non-hydrogen) atoms. The average Bonchev–Trinajstić information content (AvgIpc) is 3.72. The molecule has 190 valence electrons. The highest BCUT2D eigenvalue weighted by Gasteiger charge is 2.36. The highest BCUT2D eigenvalue weighted by atomic mass is 16.5. The SMILES string of the molecule is O=C(c1ccc(N2CCc3c(ncn3C3CCCCO3)C2c2cc3ccccn3n2)nc1)N1CCCC1. The lowest BCUT2D eigenvalue weighted by atomic mass is 9.99. The van der Waals surface area contributed by atoms with E-state index in [1.54, 1.807) is 6.20 Å². The minimum atomic E-state index is -0.180. The third-order valence-corrected chi connectivity index (χ3v) is 7.91. The molecule has 4 aromatic rings. The van der Waals surface area contributed by atoms with Gasteiger partial charge in [0.05, 0.1) is 28.8 Å². The molecule has 9 heteroatoms. The van der Waals surface area contributed by atoms with Gasteiger partial charge >= 0.3 is 0 Å². The molecule has 4 aromatic heterocycles. The Morgan fingerprint density at radius 2 is 1.92 bits per heavy atom. The van der Waals surface area contributed by atoms with E-state index < -0.39 is 0 Å². The molecule has 2 fully saturated rings. The Kier molecular flexibility index (Phi) is 5.65. The van der Waals surface area contributed by atoms with Crippen molar-refractivity contribution in [3.05, 3.63) is 77.8 Å². The molecule has 3 aliphatic rings. The Hall–Kier alpha value is -3.72. The molecule has 0 spiro atoms. The summed E-state index contributed by atoms with van der Waals surface area (Å²) in [5.41, 5.74) is 4.83. The first-order valence-corrected chi connectivity index (χ1v) is 13.4. The topological polar surface area (TPSA) is 80.8 Å². The number of anilines is 1. The lowest BCUT2D eigenvalue weighted by Crippen LogP contribution is -2.38. The van der Waals surface area contributed by atoms with Crippen molar-refractivity contribution in [3.63, 3.8) is 0 Å². The normalized spacial score (nSPS) is 21.9. The van der Waals surface area contributed by atoms with E-state index in [2.05, 4.69) is 21.6 Å². The molecule has 0 aliphatic carbocycles. The van der Waals surface area contributed by atoms with Gasteiger partial charge in [-0.2, -0.15) is 5.10 Å². The zero-order valence-electron chi connectivity index (χ0n) is 20.9. The number of aromatic nitrogens is 5. The number of carbonyl (C=O) groups excluding carboxylic acids is 1. The van der Waals surface area contributed by atoms with Gasteiger partial charge < -0.3 is 19.1 Å². The Morgan fingerprint density at radius 1 is 1.00 bits per heavy atom. The first kappa shape index (κ1) is 22.5. The van der Waals surface area contributed by atoms with Crippen LogP contribution >= 0.6 is 0 Å². The number of amides is 1. The smallest absolute Gasteiger partial charge is 0.255 e. The van der Waals surface area contributed by atoms with Gasteiger partial charge in [0.25, 0.3) is 5.91 Å². The summed E-state index contributed by atoms with van der Waals surface area (Å²) in [5, 5.41) is 4.94. The van der Waals surface area contributed by atoms with Crippen molar-refractivity contribution >= 4 is 17.2 Å². The van der Waals surface area contributed by atoms with E-state index in [9.17, 15) is 4.79 Å². The highest BCUT2D eigenvalue weighted by molar-refractivity contribution is 5.94. The maximum atomic E-state index is 12.9. The van der Waals surface area contributed by atoms with Gasteiger partial charge in [-0.15, -0.1) is 0 Å². The third-order valence-electron chi connectivity index (χ3n) is 7.91. The van der Waals surface area contributed by atoms with Crippen molar-refractivity contribution in [1.29, 1.82) is 0 Å². The molecule has 7 rings (SSSR count). The predicted molar refractivity (Wildman–Crippen MR) is 139 cm³/mol. The minimum Gasteiger partial charge on any atom is -0.358 e. The van der Waals surface area contributed by atoms with Crippen molar-refractivity contribution in [1.82, 2.24) is 29.0 Å². The van der Waals surface area contributed by atoms with Crippen molar-refractivity contribution in [2.75, 3.05) is 31.1 Å². The van der Waals surface area contributed by atoms with Crippen LogP contribution in [-0.2, 0) is 11.2 Å². The number of carbonyl (C=O) groups is 1. The fourth-order valence-corrected chi connectivity index (χ4v) is 6.00. The fourth-order valence-electron chi connectivity index (χ4n) is 6.00. The lowest BCUT2D eigenvalue weighted by molar-refractivity contribution is -0.0336. The highest BCUT2D eigenvalue weighted by Crippen LogP contribution is 2.38. The summed E-state index contributed by atoms with van der Waals surface area (Å²) in [4.78, 5) is 26.8. The largest absolute Gasteiger partial charge is 0.358 e. The molecule has 3 aliphatic heterocycles. The first-order valence-electron chi connectivity index (χ1n) is 13.4. The number of hydrogen-bond donors (Lipinski definition) is 0. The second kappa shape index (κ2) is 9.30. The van der Waals surface area contributed by atoms with Crippen LogP contribution in [0.5, 0.6) is 0 Å². The third kappa shape index (κ3) is 3.98. The number of hydrogen-bond acceptors (Lipinski definition) is 6. The lowest BCUT2D eigenvalue weighted by Gasteiger charge is -2.36. The number of nitrogens with zero attached hydrogens (tertiary/aromatic N) is 7. The van der Waals surface area contributed by atoms with Crippen molar-refractivity contribution in [3.8, 4) is 0 Å². The summed E-state index contributed by atoms with van der Waals surface area (Å²) >= 11 is 0. The van der Waals surface area contributed by atoms with Gasteiger partial charge in [-0.1, -0.05) is 6.07 Å². The number of imidazole rings is 1. The standard InChI is InChI=1S/C28H31N7O2/c36-28(32-12-4-5-13-32)20-9-10-24(29-18-20)33-15-11-23-26(30-19-34(23)25-8-2-6-16-37-25)27(33)22-17-21-7-1-3-14-35(21)31-22/h1,3,7,9-10,14,17-19,25,27H,2,4-6,8,11-13,15-16H2. The predicted octanol–water partition coefficient (Wildman–Crippen LogP) is 4.01. The molecule has 0 bridgehead atoms.